The number of benzene rings is 1. The molecular weight excluding hydrogens is 268 g/mol. The van der Waals surface area contributed by atoms with Crippen LogP contribution in [-0.2, 0) is 4.79 Å². The largest absolute Gasteiger partial charge is 0.427 e. The number of carbonyl (C=O) groups excluding carboxylic acids is 2. The summed E-state index contributed by atoms with van der Waals surface area (Å²) in [7, 11) is 0. The van der Waals surface area contributed by atoms with Crippen LogP contribution >= 0.6 is 11.8 Å². The highest BCUT2D eigenvalue weighted by Crippen LogP contribution is 2.16. The van der Waals surface area contributed by atoms with Crippen molar-refractivity contribution in [1.29, 1.82) is 0 Å². The fraction of sp³-hybridized carbons (Fsp3) is 0.385. The van der Waals surface area contributed by atoms with Crippen molar-refractivity contribution in [3.63, 3.8) is 0 Å². The van der Waals surface area contributed by atoms with Gasteiger partial charge in [0.15, 0.2) is 0 Å². The van der Waals surface area contributed by atoms with E-state index in [1.165, 1.54) is 17.5 Å². The summed E-state index contributed by atoms with van der Waals surface area (Å²) in [5.74, 6) is -0.498. The molecule has 0 heterocycles. The number of hydrogen-bond donors (Lipinski definition) is 1. The van der Waals surface area contributed by atoms with Gasteiger partial charge in [-0.25, -0.2) is 0 Å². The van der Waals surface area contributed by atoms with Crippen molar-refractivity contribution in [2.75, 3.05) is 0 Å². The molecule has 0 fully saturated rings. The average molecular weight is 285 g/mol. The van der Waals surface area contributed by atoms with Crippen molar-refractivity contribution in [2.45, 2.75) is 33.2 Å². The summed E-state index contributed by atoms with van der Waals surface area (Å²) in [6, 6.07) is 6.31. The van der Waals surface area contributed by atoms with Gasteiger partial charge in [0.05, 0.1) is 0 Å². The third-order valence-corrected chi connectivity index (χ3v) is 2.74. The first-order chi connectivity index (χ1) is 8.70. The van der Waals surface area contributed by atoms with Gasteiger partial charge in [-0.05, 0) is 39.0 Å². The molecule has 1 N–H and O–H groups in total. The molecule has 0 spiro atoms. The van der Waals surface area contributed by atoms with Crippen LogP contribution in [0.4, 0.5) is 0 Å². The van der Waals surface area contributed by atoms with E-state index < -0.39 is 11.5 Å². The molecule has 0 aliphatic heterocycles. The lowest BCUT2D eigenvalue weighted by Gasteiger charge is -2.28. The van der Waals surface area contributed by atoms with E-state index >= 15 is 0 Å². The van der Waals surface area contributed by atoms with Gasteiger partial charge < -0.3 is 4.74 Å². The van der Waals surface area contributed by atoms with E-state index in [4.69, 9.17) is 16.5 Å². The third kappa shape index (κ3) is 4.89. The van der Waals surface area contributed by atoms with E-state index in [9.17, 15) is 9.59 Å². The fourth-order valence-corrected chi connectivity index (χ4v) is 1.26. The number of esters is 1. The third-order valence-electron chi connectivity index (χ3n) is 2.15. The van der Waals surface area contributed by atoms with E-state index in [0.29, 0.717) is 11.3 Å². The maximum absolute atomic E-state index is 12.0. The molecule has 1 aromatic rings. The van der Waals surface area contributed by atoms with Crippen molar-refractivity contribution >= 4 is 23.7 Å². The van der Waals surface area contributed by atoms with Gasteiger partial charge in [0.1, 0.15) is 5.75 Å². The van der Waals surface area contributed by atoms with Gasteiger partial charge in [-0.2, -0.15) is 0 Å². The predicted molar refractivity (Wildman–Crippen MR) is 72.7 cm³/mol. The number of nitrogens with one attached hydrogen (secondary N) is 1. The van der Waals surface area contributed by atoms with Gasteiger partial charge in [-0.3, -0.25) is 15.0 Å². The van der Waals surface area contributed by atoms with Gasteiger partial charge in [0.25, 0.3) is 5.91 Å². The molecule has 0 saturated carbocycles. The number of hydrogen-bond acceptors (Lipinski definition) is 4. The van der Waals surface area contributed by atoms with Gasteiger partial charge in [-0.15, -0.1) is 4.53 Å². The Balaban J connectivity index is 2.80. The van der Waals surface area contributed by atoms with Crippen LogP contribution in [0.5, 0.6) is 5.75 Å². The second kappa shape index (κ2) is 6.04. The number of rotatable bonds is 3. The van der Waals surface area contributed by atoms with Gasteiger partial charge in [-0.1, -0.05) is 6.07 Å². The second-order valence-electron chi connectivity index (χ2n) is 5.01. The van der Waals surface area contributed by atoms with Crippen molar-refractivity contribution in [3.05, 3.63) is 29.8 Å². The minimum Gasteiger partial charge on any atom is -0.427 e. The van der Waals surface area contributed by atoms with Crippen LogP contribution in [0.3, 0.4) is 0 Å². The van der Waals surface area contributed by atoms with Crippen molar-refractivity contribution < 1.29 is 14.3 Å². The SMILES string of the molecule is CC(=O)Oc1cccc(C(=O)NN(Cl)C(C)(C)C)c1. The standard InChI is InChI=1S/C13H17ClN2O3/c1-9(17)19-11-7-5-6-10(8-11)12(18)15-16(14)13(2,3)4/h5-8H,1-4H3,(H,15,18). The van der Waals surface area contributed by atoms with Crippen molar-refractivity contribution in [2.24, 2.45) is 0 Å². The molecule has 0 saturated heterocycles. The molecule has 0 aliphatic carbocycles. The number of nitrogens with zero attached hydrogens (tertiary/aromatic N) is 1. The van der Waals surface area contributed by atoms with E-state index in [0.717, 1.165) is 0 Å². The Kier molecular flexibility index (Phi) is 4.91. The molecule has 1 rings (SSSR count). The molecule has 1 amide bonds. The zero-order chi connectivity index (χ0) is 14.6. The Bertz CT molecular complexity index is 483. The Morgan fingerprint density at radius 3 is 2.47 bits per heavy atom. The lowest BCUT2D eigenvalue weighted by molar-refractivity contribution is -0.131. The minimum absolute atomic E-state index is 0.317. The van der Waals surface area contributed by atoms with Crippen LogP contribution in [0.25, 0.3) is 0 Å². The van der Waals surface area contributed by atoms with E-state index in [2.05, 4.69) is 5.43 Å². The van der Waals surface area contributed by atoms with E-state index in [1.54, 1.807) is 18.2 Å². The van der Waals surface area contributed by atoms with E-state index in [-0.39, 0.29) is 5.91 Å². The Labute approximate surface area is 117 Å². The van der Waals surface area contributed by atoms with Crippen molar-refractivity contribution in [1.82, 2.24) is 9.95 Å². The highest BCUT2D eigenvalue weighted by atomic mass is 35.5. The Hall–Kier alpha value is -1.59. The maximum Gasteiger partial charge on any atom is 0.308 e. The first-order valence-electron chi connectivity index (χ1n) is 5.75. The molecule has 0 atom stereocenters. The van der Waals surface area contributed by atoms with Crippen LogP contribution in [0, 0.1) is 0 Å². The van der Waals surface area contributed by atoms with Crippen LogP contribution < -0.4 is 10.2 Å². The topological polar surface area (TPSA) is 58.6 Å². The predicted octanol–water partition coefficient (Wildman–Crippen LogP) is 2.51. The van der Waals surface area contributed by atoms with Crippen LogP contribution in [0.2, 0.25) is 0 Å². The zero-order valence-corrected chi connectivity index (χ0v) is 12.1. The molecule has 6 heteroatoms. The summed E-state index contributed by atoms with van der Waals surface area (Å²) in [5, 5.41) is 0. The summed E-state index contributed by atoms with van der Waals surface area (Å²) >= 11 is 5.94. The average Bonchev–Trinajstić information content (AvgIpc) is 2.27. The second-order valence-corrected chi connectivity index (χ2v) is 5.35. The fourth-order valence-electron chi connectivity index (χ4n) is 1.19. The first-order valence-corrected chi connectivity index (χ1v) is 6.09. The summed E-state index contributed by atoms with van der Waals surface area (Å²) in [5.41, 5.74) is 2.48. The molecule has 0 radical (unpaired) electrons. The molecule has 104 valence electrons. The summed E-state index contributed by atoms with van der Waals surface area (Å²) in [4.78, 5) is 22.8. The molecule has 1 aromatic carbocycles. The highest BCUT2D eigenvalue weighted by molar-refractivity contribution is 6.14. The Morgan fingerprint density at radius 1 is 1.32 bits per heavy atom. The monoisotopic (exact) mass is 284 g/mol. The lowest BCUT2D eigenvalue weighted by Crippen LogP contribution is -2.46. The molecular formula is C13H17ClN2O3. The van der Waals surface area contributed by atoms with Crippen LogP contribution in [0.1, 0.15) is 38.1 Å². The molecule has 0 unspecified atom stereocenters. The van der Waals surface area contributed by atoms with E-state index in [1.807, 2.05) is 20.8 Å². The molecule has 0 aliphatic rings. The summed E-state index contributed by atoms with van der Waals surface area (Å²) < 4.78 is 6.11. The lowest BCUT2D eigenvalue weighted by atomic mass is 10.1. The summed E-state index contributed by atoms with van der Waals surface area (Å²) in [6.45, 7) is 6.87. The molecule has 0 aromatic heterocycles. The molecule has 0 bridgehead atoms. The van der Waals surface area contributed by atoms with Gasteiger partial charge >= 0.3 is 5.97 Å². The number of hydrazine groups is 1. The number of ether oxygens (including phenoxy) is 1. The molecule has 19 heavy (non-hydrogen) atoms. The zero-order valence-electron chi connectivity index (χ0n) is 11.4. The maximum atomic E-state index is 12.0. The first kappa shape index (κ1) is 15.5. The van der Waals surface area contributed by atoms with Crippen LogP contribution in [-0.4, -0.2) is 21.9 Å². The quantitative estimate of drug-likeness (QED) is 0.401. The number of halogens is 1. The van der Waals surface area contributed by atoms with Gasteiger partial charge in [0, 0.05) is 29.8 Å². The Morgan fingerprint density at radius 2 is 1.95 bits per heavy atom. The van der Waals surface area contributed by atoms with Crippen LogP contribution in [0.15, 0.2) is 24.3 Å². The number of amides is 1. The number of carbonyl (C=O) groups is 2. The highest BCUT2D eigenvalue weighted by Gasteiger charge is 2.22. The minimum atomic E-state index is -0.439. The van der Waals surface area contributed by atoms with Gasteiger partial charge in [0.2, 0.25) is 0 Å². The smallest absolute Gasteiger partial charge is 0.308 e. The van der Waals surface area contributed by atoms with Crippen molar-refractivity contribution in [3.8, 4) is 5.75 Å². The normalized spacial score (nSPS) is 11.3. The molecule has 5 nitrogen and oxygen atoms in total. The summed E-state index contributed by atoms with van der Waals surface area (Å²) in [6.07, 6.45) is 0.